The van der Waals surface area contributed by atoms with Crippen molar-refractivity contribution in [2.45, 2.75) is 25.8 Å². The van der Waals surface area contributed by atoms with Crippen molar-refractivity contribution >= 4 is 22.6 Å². The van der Waals surface area contributed by atoms with Gasteiger partial charge in [0.2, 0.25) is 0 Å². The van der Waals surface area contributed by atoms with Crippen molar-refractivity contribution in [2.75, 3.05) is 19.8 Å². The molecular weight excluding hydrogens is 274 g/mol. The fraction of sp³-hybridized carbons (Fsp3) is 0.500. The number of furan rings is 1. The van der Waals surface area contributed by atoms with E-state index >= 15 is 0 Å². The molecule has 1 N–H and O–H groups in total. The van der Waals surface area contributed by atoms with E-state index in [0.29, 0.717) is 5.92 Å². The molecule has 3 nitrogen and oxygen atoms in total. The minimum atomic E-state index is 0.226. The van der Waals surface area contributed by atoms with Crippen LogP contribution in [0.1, 0.15) is 31.6 Å². The molecular formula is C16H20ClNO2. The predicted molar refractivity (Wildman–Crippen MR) is 81.2 cm³/mol. The summed E-state index contributed by atoms with van der Waals surface area (Å²) in [6.07, 6.45) is 2.19. The predicted octanol–water partition coefficient (Wildman–Crippen LogP) is 4.16. The molecule has 0 spiro atoms. The van der Waals surface area contributed by atoms with Gasteiger partial charge in [0.1, 0.15) is 11.3 Å². The van der Waals surface area contributed by atoms with Crippen LogP contribution in [0.2, 0.25) is 5.02 Å². The highest BCUT2D eigenvalue weighted by atomic mass is 35.5. The second-order valence-electron chi connectivity index (χ2n) is 5.39. The summed E-state index contributed by atoms with van der Waals surface area (Å²) in [6.45, 7) is 4.81. The molecule has 4 heteroatoms. The maximum absolute atomic E-state index is 6.04. The van der Waals surface area contributed by atoms with Crippen LogP contribution >= 0.6 is 11.6 Å². The largest absolute Gasteiger partial charge is 0.459 e. The van der Waals surface area contributed by atoms with E-state index in [1.54, 1.807) is 0 Å². The average Bonchev–Trinajstić information content (AvgIpc) is 3.08. The Kier molecular flexibility index (Phi) is 4.29. The Labute approximate surface area is 124 Å². The molecule has 0 aliphatic carbocycles. The number of nitrogens with one attached hydrogen (secondary N) is 1. The topological polar surface area (TPSA) is 34.4 Å². The molecule has 0 saturated carbocycles. The van der Waals surface area contributed by atoms with Crippen LogP contribution in [0.5, 0.6) is 0 Å². The first-order valence-corrected chi connectivity index (χ1v) is 7.66. The third kappa shape index (κ3) is 2.85. The average molecular weight is 294 g/mol. The summed E-state index contributed by atoms with van der Waals surface area (Å²) in [7, 11) is 0. The fourth-order valence-corrected chi connectivity index (χ4v) is 2.98. The maximum atomic E-state index is 6.04. The van der Waals surface area contributed by atoms with E-state index in [1.807, 2.05) is 18.2 Å². The summed E-state index contributed by atoms with van der Waals surface area (Å²) in [6, 6.07) is 8.08. The molecule has 1 aromatic heterocycles. The third-order valence-electron chi connectivity index (χ3n) is 3.85. The molecule has 3 rings (SSSR count). The second kappa shape index (κ2) is 6.17. The van der Waals surface area contributed by atoms with Gasteiger partial charge in [-0.25, -0.2) is 0 Å². The first-order valence-electron chi connectivity index (χ1n) is 7.28. The highest BCUT2D eigenvalue weighted by Gasteiger charge is 2.29. The van der Waals surface area contributed by atoms with Gasteiger partial charge in [-0.15, -0.1) is 0 Å². The first-order chi connectivity index (χ1) is 9.78. The molecule has 0 amide bonds. The summed E-state index contributed by atoms with van der Waals surface area (Å²) in [5.41, 5.74) is 0.895. The van der Waals surface area contributed by atoms with E-state index in [9.17, 15) is 0 Å². The normalized spacial score (nSPS) is 20.6. The van der Waals surface area contributed by atoms with Gasteiger partial charge >= 0.3 is 0 Å². The summed E-state index contributed by atoms with van der Waals surface area (Å²) in [5, 5.41) is 5.40. The Morgan fingerprint density at radius 2 is 2.30 bits per heavy atom. The first kappa shape index (κ1) is 13.9. The van der Waals surface area contributed by atoms with Crippen LogP contribution in [0.25, 0.3) is 11.0 Å². The van der Waals surface area contributed by atoms with Gasteiger partial charge in [-0.3, -0.25) is 0 Å². The Balaban J connectivity index is 1.90. The molecule has 1 fully saturated rings. The van der Waals surface area contributed by atoms with Crippen molar-refractivity contribution in [3.8, 4) is 0 Å². The summed E-state index contributed by atoms with van der Waals surface area (Å²) in [5.74, 6) is 1.48. The van der Waals surface area contributed by atoms with Gasteiger partial charge in [0.15, 0.2) is 0 Å². The van der Waals surface area contributed by atoms with Crippen molar-refractivity contribution in [1.29, 1.82) is 0 Å². The molecule has 1 aliphatic heterocycles. The second-order valence-corrected chi connectivity index (χ2v) is 5.82. The molecule has 0 bridgehead atoms. The molecule has 2 aromatic rings. The minimum absolute atomic E-state index is 0.226. The number of halogens is 1. The van der Waals surface area contributed by atoms with Gasteiger partial charge in [0.05, 0.1) is 12.6 Å². The Bertz CT molecular complexity index is 575. The van der Waals surface area contributed by atoms with Crippen LogP contribution < -0.4 is 5.32 Å². The van der Waals surface area contributed by atoms with Gasteiger partial charge in [0, 0.05) is 22.9 Å². The number of hydrogen-bond acceptors (Lipinski definition) is 3. The van der Waals surface area contributed by atoms with E-state index in [4.69, 9.17) is 20.8 Å². The molecule has 108 valence electrons. The molecule has 1 aliphatic rings. The number of benzene rings is 1. The van der Waals surface area contributed by atoms with Crippen LogP contribution in [0.15, 0.2) is 28.7 Å². The molecule has 1 saturated heterocycles. The Morgan fingerprint density at radius 1 is 1.40 bits per heavy atom. The number of rotatable bonds is 5. The quantitative estimate of drug-likeness (QED) is 0.899. The third-order valence-corrected chi connectivity index (χ3v) is 4.09. The van der Waals surface area contributed by atoms with Gasteiger partial charge in [-0.2, -0.15) is 0 Å². The minimum Gasteiger partial charge on any atom is -0.459 e. The zero-order valence-electron chi connectivity index (χ0n) is 11.7. The van der Waals surface area contributed by atoms with Crippen molar-refractivity contribution in [1.82, 2.24) is 5.32 Å². The van der Waals surface area contributed by atoms with E-state index < -0.39 is 0 Å². The zero-order valence-corrected chi connectivity index (χ0v) is 12.5. The molecule has 1 aromatic carbocycles. The van der Waals surface area contributed by atoms with Crippen LogP contribution in [0.3, 0.4) is 0 Å². The van der Waals surface area contributed by atoms with Gasteiger partial charge in [-0.05, 0) is 43.7 Å². The number of fused-ring (bicyclic) bond motifs is 1. The lowest BCUT2D eigenvalue weighted by Gasteiger charge is -2.21. The van der Waals surface area contributed by atoms with Gasteiger partial charge in [0.25, 0.3) is 0 Å². The lowest BCUT2D eigenvalue weighted by Crippen LogP contribution is -2.29. The van der Waals surface area contributed by atoms with Gasteiger partial charge < -0.3 is 14.5 Å². The fourth-order valence-electron chi connectivity index (χ4n) is 2.80. The Morgan fingerprint density at radius 3 is 3.05 bits per heavy atom. The van der Waals surface area contributed by atoms with Crippen LogP contribution in [-0.2, 0) is 4.74 Å². The van der Waals surface area contributed by atoms with E-state index in [1.165, 1.54) is 0 Å². The Hall–Kier alpha value is -1.03. The van der Waals surface area contributed by atoms with Crippen LogP contribution in [0, 0.1) is 5.92 Å². The summed E-state index contributed by atoms with van der Waals surface area (Å²) < 4.78 is 11.5. The van der Waals surface area contributed by atoms with Crippen molar-refractivity contribution in [3.63, 3.8) is 0 Å². The monoisotopic (exact) mass is 293 g/mol. The standard InChI is InChI=1S/C16H20ClNO2/c1-2-6-18-16(11-5-7-19-10-11)15-9-12-8-13(17)3-4-14(12)20-15/h3-4,8-9,11,16,18H,2,5-7,10H2,1H3. The smallest absolute Gasteiger partial charge is 0.134 e. The lowest BCUT2D eigenvalue weighted by atomic mass is 9.96. The van der Waals surface area contributed by atoms with E-state index in [-0.39, 0.29) is 6.04 Å². The highest BCUT2D eigenvalue weighted by Crippen LogP contribution is 2.33. The number of hydrogen-bond donors (Lipinski definition) is 1. The zero-order chi connectivity index (χ0) is 13.9. The highest BCUT2D eigenvalue weighted by molar-refractivity contribution is 6.31. The lowest BCUT2D eigenvalue weighted by molar-refractivity contribution is 0.173. The SMILES string of the molecule is CCCNC(c1cc2cc(Cl)ccc2o1)C1CCOC1. The molecule has 20 heavy (non-hydrogen) atoms. The summed E-state index contributed by atoms with van der Waals surface area (Å²) in [4.78, 5) is 0. The molecule has 2 unspecified atom stereocenters. The van der Waals surface area contributed by atoms with E-state index in [2.05, 4.69) is 18.3 Å². The summed E-state index contributed by atoms with van der Waals surface area (Å²) >= 11 is 6.04. The number of ether oxygens (including phenoxy) is 1. The van der Waals surface area contributed by atoms with Crippen molar-refractivity contribution < 1.29 is 9.15 Å². The van der Waals surface area contributed by atoms with Crippen LogP contribution in [-0.4, -0.2) is 19.8 Å². The van der Waals surface area contributed by atoms with E-state index in [0.717, 1.165) is 54.4 Å². The van der Waals surface area contributed by atoms with Crippen molar-refractivity contribution in [3.05, 3.63) is 35.0 Å². The molecule has 0 radical (unpaired) electrons. The molecule has 2 atom stereocenters. The van der Waals surface area contributed by atoms with Crippen molar-refractivity contribution in [2.24, 2.45) is 5.92 Å². The maximum Gasteiger partial charge on any atom is 0.134 e. The van der Waals surface area contributed by atoms with Gasteiger partial charge in [-0.1, -0.05) is 18.5 Å². The molecule has 2 heterocycles. The van der Waals surface area contributed by atoms with Crippen LogP contribution in [0.4, 0.5) is 0 Å².